The quantitative estimate of drug-likeness (QED) is 0.747. The lowest BCUT2D eigenvalue weighted by atomic mass is 10.1. The Hall–Kier alpha value is -1.57. The number of likely N-dealkylation sites (N-methyl/N-ethyl adjacent to an activating group) is 1. The summed E-state index contributed by atoms with van der Waals surface area (Å²) >= 11 is 1.42. The molecule has 8 heteroatoms. The summed E-state index contributed by atoms with van der Waals surface area (Å²) in [5.41, 5.74) is -0.296. The fourth-order valence-corrected chi connectivity index (χ4v) is 3.63. The summed E-state index contributed by atoms with van der Waals surface area (Å²) in [5, 5.41) is 12.4. The third kappa shape index (κ3) is 4.96. The van der Waals surface area contributed by atoms with Gasteiger partial charge in [0.1, 0.15) is 5.82 Å². The molecule has 3 rings (SSSR count). The van der Waals surface area contributed by atoms with Gasteiger partial charge < -0.3 is 14.8 Å². The van der Waals surface area contributed by atoms with Crippen molar-refractivity contribution in [2.75, 3.05) is 19.3 Å². The molecule has 1 aromatic heterocycles. The number of thioether (sulfide) groups is 1. The number of amides is 2. The molecule has 25 heavy (non-hydrogen) atoms. The Morgan fingerprint density at radius 3 is 2.48 bits per heavy atom. The molecule has 7 nitrogen and oxygen atoms in total. The van der Waals surface area contributed by atoms with E-state index in [0.717, 1.165) is 11.0 Å². The minimum Gasteiger partial charge on any atom is -0.350 e. The van der Waals surface area contributed by atoms with Crippen LogP contribution in [0.25, 0.3) is 0 Å². The third-order valence-corrected chi connectivity index (χ3v) is 5.12. The minimum absolute atomic E-state index is 0.0688. The number of carbonyl (C=O) groups excluding carboxylic acids is 2. The van der Waals surface area contributed by atoms with Gasteiger partial charge >= 0.3 is 0 Å². The molecule has 2 aliphatic carbocycles. The molecule has 2 aliphatic rings. The van der Waals surface area contributed by atoms with Gasteiger partial charge in [0.05, 0.1) is 12.3 Å². The number of nitrogens with zero attached hydrogens (tertiary/aromatic N) is 4. The van der Waals surface area contributed by atoms with Crippen LogP contribution in [0.5, 0.6) is 0 Å². The molecule has 1 N–H and O–H groups in total. The van der Waals surface area contributed by atoms with Crippen LogP contribution in [0.4, 0.5) is 0 Å². The van der Waals surface area contributed by atoms with E-state index in [4.69, 9.17) is 0 Å². The van der Waals surface area contributed by atoms with Crippen molar-refractivity contribution in [2.45, 2.75) is 69.1 Å². The van der Waals surface area contributed by atoms with E-state index in [0.29, 0.717) is 12.0 Å². The van der Waals surface area contributed by atoms with Crippen LogP contribution < -0.4 is 5.32 Å². The average molecular weight is 366 g/mol. The van der Waals surface area contributed by atoms with Crippen LogP contribution >= 0.6 is 11.8 Å². The van der Waals surface area contributed by atoms with E-state index in [9.17, 15) is 9.59 Å². The number of carbonyl (C=O) groups is 2. The number of hydrogen-bond acceptors (Lipinski definition) is 5. The van der Waals surface area contributed by atoms with Crippen molar-refractivity contribution in [3.63, 3.8) is 0 Å². The summed E-state index contributed by atoms with van der Waals surface area (Å²) in [6.07, 6.45) is 4.73. The van der Waals surface area contributed by atoms with Crippen LogP contribution in [0, 0.1) is 0 Å². The Kier molecular flexibility index (Phi) is 5.09. The first-order valence-corrected chi connectivity index (χ1v) is 9.86. The highest BCUT2D eigenvalue weighted by atomic mass is 32.2. The van der Waals surface area contributed by atoms with E-state index in [1.165, 1.54) is 42.3 Å². The van der Waals surface area contributed by atoms with Crippen LogP contribution in [0.2, 0.25) is 0 Å². The lowest BCUT2D eigenvalue weighted by Crippen LogP contribution is -2.46. The highest BCUT2D eigenvalue weighted by Gasteiger charge is 2.36. The molecule has 0 aliphatic heterocycles. The van der Waals surface area contributed by atoms with Crippen molar-refractivity contribution in [3.05, 3.63) is 5.82 Å². The molecule has 0 bridgehead atoms. The van der Waals surface area contributed by atoms with E-state index in [-0.39, 0.29) is 29.7 Å². The molecule has 0 unspecified atom stereocenters. The molecule has 1 heterocycles. The molecular weight excluding hydrogens is 338 g/mol. The zero-order valence-electron chi connectivity index (χ0n) is 15.4. The van der Waals surface area contributed by atoms with Gasteiger partial charge in [-0.15, -0.1) is 10.2 Å². The first-order chi connectivity index (χ1) is 11.7. The molecule has 2 saturated carbocycles. The Morgan fingerprint density at radius 1 is 1.24 bits per heavy atom. The second-order valence-corrected chi connectivity index (χ2v) is 9.00. The van der Waals surface area contributed by atoms with Crippen LogP contribution in [0.15, 0.2) is 5.16 Å². The molecular formula is C17H27N5O2S. The lowest BCUT2D eigenvalue weighted by molar-refractivity contribution is -0.133. The minimum atomic E-state index is -0.296. The number of hydrogen-bond donors (Lipinski definition) is 1. The SMILES string of the molecule is CN(CC(=O)NC(C)(C)C)C(=O)CSc1nnc(C2CC2)n1C1CC1. The summed E-state index contributed by atoms with van der Waals surface area (Å²) < 4.78 is 2.24. The molecule has 138 valence electrons. The average Bonchev–Trinajstić information content (AvgIpc) is 3.41. The summed E-state index contributed by atoms with van der Waals surface area (Å²) in [6, 6.07) is 0.512. The monoisotopic (exact) mass is 365 g/mol. The van der Waals surface area contributed by atoms with Gasteiger partial charge in [-0.3, -0.25) is 9.59 Å². The van der Waals surface area contributed by atoms with Crippen LogP contribution in [-0.4, -0.2) is 56.4 Å². The predicted molar refractivity (Wildman–Crippen MR) is 96.5 cm³/mol. The summed E-state index contributed by atoms with van der Waals surface area (Å²) in [5.74, 6) is 1.70. The highest BCUT2D eigenvalue weighted by molar-refractivity contribution is 7.99. The molecule has 2 amide bonds. The second kappa shape index (κ2) is 6.97. The van der Waals surface area contributed by atoms with Gasteiger partial charge in [0, 0.05) is 24.5 Å². The molecule has 0 radical (unpaired) electrons. The molecule has 0 spiro atoms. The van der Waals surface area contributed by atoms with Gasteiger partial charge in [-0.25, -0.2) is 0 Å². The number of rotatable bonds is 7. The molecule has 2 fully saturated rings. The van der Waals surface area contributed by atoms with Crippen molar-refractivity contribution in [1.29, 1.82) is 0 Å². The first kappa shape index (κ1) is 18.2. The van der Waals surface area contributed by atoms with E-state index in [1.807, 2.05) is 20.8 Å². The predicted octanol–water partition coefficient (Wildman–Crippen LogP) is 1.96. The van der Waals surface area contributed by atoms with Crippen molar-refractivity contribution in [1.82, 2.24) is 25.0 Å². The fraction of sp³-hybridized carbons (Fsp3) is 0.765. The Balaban J connectivity index is 1.53. The van der Waals surface area contributed by atoms with E-state index in [1.54, 1.807) is 7.05 Å². The van der Waals surface area contributed by atoms with Gasteiger partial charge in [0.2, 0.25) is 11.8 Å². The highest BCUT2D eigenvalue weighted by Crippen LogP contribution is 2.45. The van der Waals surface area contributed by atoms with Crippen molar-refractivity contribution in [3.8, 4) is 0 Å². The van der Waals surface area contributed by atoms with Gasteiger partial charge in [-0.05, 0) is 46.5 Å². The Labute approximate surface area is 152 Å². The topological polar surface area (TPSA) is 80.1 Å². The van der Waals surface area contributed by atoms with Gasteiger partial charge in [-0.1, -0.05) is 11.8 Å². The maximum absolute atomic E-state index is 12.3. The lowest BCUT2D eigenvalue weighted by Gasteiger charge is -2.23. The maximum Gasteiger partial charge on any atom is 0.240 e. The maximum atomic E-state index is 12.3. The van der Waals surface area contributed by atoms with Crippen molar-refractivity contribution >= 4 is 23.6 Å². The normalized spacial score (nSPS) is 17.4. The summed E-state index contributed by atoms with van der Waals surface area (Å²) in [4.78, 5) is 25.7. The van der Waals surface area contributed by atoms with E-state index < -0.39 is 0 Å². The molecule has 1 aromatic rings. The van der Waals surface area contributed by atoms with Crippen molar-refractivity contribution < 1.29 is 9.59 Å². The van der Waals surface area contributed by atoms with E-state index >= 15 is 0 Å². The first-order valence-electron chi connectivity index (χ1n) is 8.87. The van der Waals surface area contributed by atoms with Crippen LogP contribution in [0.3, 0.4) is 0 Å². The number of nitrogens with one attached hydrogen (secondary N) is 1. The molecule has 0 aromatic carbocycles. The van der Waals surface area contributed by atoms with Gasteiger partial charge in [0.25, 0.3) is 0 Å². The third-order valence-electron chi connectivity index (χ3n) is 4.19. The standard InChI is InChI=1S/C17H27N5O2S/c1-17(2,3)18-13(23)9-21(4)14(24)10-25-16-20-19-15(11-5-6-11)22(16)12-7-8-12/h11-12H,5-10H2,1-4H3,(H,18,23). The molecule has 0 saturated heterocycles. The Bertz CT molecular complexity index is 658. The summed E-state index contributed by atoms with van der Waals surface area (Å²) in [6.45, 7) is 5.83. The fourth-order valence-electron chi connectivity index (χ4n) is 2.68. The zero-order valence-corrected chi connectivity index (χ0v) is 16.2. The smallest absolute Gasteiger partial charge is 0.240 e. The zero-order chi connectivity index (χ0) is 18.2. The van der Waals surface area contributed by atoms with Gasteiger partial charge in [0.15, 0.2) is 5.16 Å². The van der Waals surface area contributed by atoms with Crippen molar-refractivity contribution in [2.24, 2.45) is 0 Å². The van der Waals surface area contributed by atoms with Crippen LogP contribution in [-0.2, 0) is 9.59 Å². The van der Waals surface area contributed by atoms with E-state index in [2.05, 4.69) is 20.1 Å². The largest absolute Gasteiger partial charge is 0.350 e. The van der Waals surface area contributed by atoms with Crippen LogP contribution in [0.1, 0.15) is 64.2 Å². The Morgan fingerprint density at radius 2 is 1.92 bits per heavy atom. The summed E-state index contributed by atoms with van der Waals surface area (Å²) in [7, 11) is 1.66. The molecule has 0 atom stereocenters. The van der Waals surface area contributed by atoms with Gasteiger partial charge in [-0.2, -0.15) is 0 Å². The second-order valence-electron chi connectivity index (χ2n) is 8.05. The number of aromatic nitrogens is 3.